The van der Waals surface area contributed by atoms with E-state index >= 15 is 0 Å². The maximum Gasteiger partial charge on any atom is 0.333 e. The van der Waals surface area contributed by atoms with Crippen molar-refractivity contribution in [3.05, 3.63) is 63.1 Å². The molecule has 1 aromatic carbocycles. The SMILES string of the molecule is Cn1cnc2c1c(=O)n(CNCCc1ccccc1)c(=O)n2C. The molecule has 0 radical (unpaired) electrons. The summed E-state index contributed by atoms with van der Waals surface area (Å²) in [7, 11) is 3.37. The number of aryl methyl sites for hydroxylation is 2. The molecule has 2 heterocycles. The number of nitrogens with one attached hydrogen (secondary N) is 1. The normalized spacial score (nSPS) is 11.2. The Balaban J connectivity index is 1.79. The highest BCUT2D eigenvalue weighted by atomic mass is 16.2. The number of hydrogen-bond donors (Lipinski definition) is 1. The van der Waals surface area contributed by atoms with E-state index in [4.69, 9.17) is 0 Å². The van der Waals surface area contributed by atoms with Crippen molar-refractivity contribution < 1.29 is 0 Å². The van der Waals surface area contributed by atoms with Crippen molar-refractivity contribution in [3.63, 3.8) is 0 Å². The number of benzene rings is 1. The lowest BCUT2D eigenvalue weighted by Crippen LogP contribution is -2.43. The van der Waals surface area contributed by atoms with E-state index in [0.29, 0.717) is 17.7 Å². The van der Waals surface area contributed by atoms with Gasteiger partial charge in [-0.2, -0.15) is 0 Å². The maximum atomic E-state index is 12.5. The first-order valence-corrected chi connectivity index (χ1v) is 7.45. The maximum absolute atomic E-state index is 12.5. The number of imidazole rings is 1. The molecule has 0 bridgehead atoms. The smallest absolute Gasteiger partial charge is 0.328 e. The second-order valence-corrected chi connectivity index (χ2v) is 5.50. The number of rotatable bonds is 5. The largest absolute Gasteiger partial charge is 0.333 e. The summed E-state index contributed by atoms with van der Waals surface area (Å²) in [6.45, 7) is 0.864. The molecular formula is C16H19N5O2. The summed E-state index contributed by atoms with van der Waals surface area (Å²) >= 11 is 0. The van der Waals surface area contributed by atoms with Crippen molar-refractivity contribution in [2.75, 3.05) is 6.54 Å². The highest BCUT2D eigenvalue weighted by Crippen LogP contribution is 2.02. The standard InChI is InChI=1S/C16H19N5O2/c1-19-11-18-14-13(19)15(22)21(16(23)20(14)2)10-17-9-8-12-6-4-3-5-7-12/h3-7,11,17H,8-10H2,1-2H3. The molecule has 0 amide bonds. The van der Waals surface area contributed by atoms with Crippen LogP contribution >= 0.6 is 0 Å². The molecule has 0 aliphatic carbocycles. The molecule has 0 fully saturated rings. The van der Waals surface area contributed by atoms with Crippen molar-refractivity contribution in [2.45, 2.75) is 13.1 Å². The quantitative estimate of drug-likeness (QED) is 0.684. The molecule has 7 heteroatoms. The van der Waals surface area contributed by atoms with Gasteiger partial charge in [0.15, 0.2) is 11.2 Å². The van der Waals surface area contributed by atoms with Gasteiger partial charge in [-0.15, -0.1) is 0 Å². The van der Waals surface area contributed by atoms with Gasteiger partial charge in [-0.1, -0.05) is 30.3 Å². The van der Waals surface area contributed by atoms with Crippen molar-refractivity contribution >= 4 is 11.2 Å². The first kappa shape index (κ1) is 15.2. The van der Waals surface area contributed by atoms with Gasteiger partial charge in [0, 0.05) is 20.6 Å². The van der Waals surface area contributed by atoms with Crippen molar-refractivity contribution in [2.24, 2.45) is 14.1 Å². The van der Waals surface area contributed by atoms with Gasteiger partial charge in [0.05, 0.1) is 13.0 Å². The third kappa shape index (κ3) is 2.83. The fraction of sp³-hybridized carbons (Fsp3) is 0.312. The van der Waals surface area contributed by atoms with Gasteiger partial charge < -0.3 is 4.57 Å². The second-order valence-electron chi connectivity index (χ2n) is 5.50. The number of nitrogens with zero attached hydrogens (tertiary/aromatic N) is 4. The van der Waals surface area contributed by atoms with Gasteiger partial charge >= 0.3 is 5.69 Å². The van der Waals surface area contributed by atoms with E-state index in [0.717, 1.165) is 6.42 Å². The van der Waals surface area contributed by atoms with Gasteiger partial charge in [-0.3, -0.25) is 14.7 Å². The number of fused-ring (bicyclic) bond motifs is 1. The lowest BCUT2D eigenvalue weighted by atomic mass is 10.1. The summed E-state index contributed by atoms with van der Waals surface area (Å²) in [5.41, 5.74) is 1.35. The summed E-state index contributed by atoms with van der Waals surface area (Å²) in [4.78, 5) is 28.9. The Kier molecular flexibility index (Phi) is 4.12. The van der Waals surface area contributed by atoms with Crippen LogP contribution < -0.4 is 16.6 Å². The third-order valence-corrected chi connectivity index (χ3v) is 3.90. The molecular weight excluding hydrogens is 294 g/mol. The molecule has 23 heavy (non-hydrogen) atoms. The van der Waals surface area contributed by atoms with Crippen LogP contribution in [0.5, 0.6) is 0 Å². The topological polar surface area (TPSA) is 73.8 Å². The van der Waals surface area contributed by atoms with Gasteiger partial charge in [0.1, 0.15) is 0 Å². The number of hydrogen-bond acceptors (Lipinski definition) is 4. The Morgan fingerprint density at radius 1 is 1.13 bits per heavy atom. The first-order chi connectivity index (χ1) is 11.1. The summed E-state index contributed by atoms with van der Waals surface area (Å²) in [6.07, 6.45) is 2.38. The minimum Gasteiger partial charge on any atom is -0.328 e. The Morgan fingerprint density at radius 2 is 1.87 bits per heavy atom. The molecule has 0 saturated heterocycles. The average Bonchev–Trinajstić information content (AvgIpc) is 2.95. The summed E-state index contributed by atoms with van der Waals surface area (Å²) in [5.74, 6) is 0. The van der Waals surface area contributed by atoms with Crippen LogP contribution in [0.4, 0.5) is 0 Å². The van der Waals surface area contributed by atoms with Crippen LogP contribution in [0.2, 0.25) is 0 Å². The van der Waals surface area contributed by atoms with Crippen LogP contribution in [0.1, 0.15) is 5.56 Å². The molecule has 1 N–H and O–H groups in total. The Bertz CT molecular complexity index is 937. The third-order valence-electron chi connectivity index (χ3n) is 3.90. The fourth-order valence-electron chi connectivity index (χ4n) is 2.60. The minimum absolute atomic E-state index is 0.180. The van der Waals surface area contributed by atoms with Gasteiger partial charge in [-0.25, -0.2) is 14.3 Å². The van der Waals surface area contributed by atoms with E-state index in [1.54, 1.807) is 25.0 Å². The van der Waals surface area contributed by atoms with Gasteiger partial charge in [-0.05, 0) is 12.0 Å². The zero-order valence-electron chi connectivity index (χ0n) is 13.2. The molecule has 3 aromatic rings. The van der Waals surface area contributed by atoms with Gasteiger partial charge in [0.2, 0.25) is 0 Å². The first-order valence-electron chi connectivity index (χ1n) is 7.45. The van der Waals surface area contributed by atoms with Crippen molar-refractivity contribution in [3.8, 4) is 0 Å². The average molecular weight is 313 g/mol. The van der Waals surface area contributed by atoms with E-state index in [-0.39, 0.29) is 17.9 Å². The Morgan fingerprint density at radius 3 is 2.61 bits per heavy atom. The molecule has 0 atom stereocenters. The van der Waals surface area contributed by atoms with Crippen LogP contribution in [0.15, 0.2) is 46.2 Å². The lowest BCUT2D eigenvalue weighted by Gasteiger charge is -2.10. The highest BCUT2D eigenvalue weighted by molar-refractivity contribution is 5.69. The van der Waals surface area contributed by atoms with E-state index in [9.17, 15) is 9.59 Å². The lowest BCUT2D eigenvalue weighted by molar-refractivity contribution is 0.513. The van der Waals surface area contributed by atoms with Crippen LogP contribution in [0.3, 0.4) is 0 Å². The van der Waals surface area contributed by atoms with Crippen LogP contribution in [0.25, 0.3) is 11.2 Å². The van der Waals surface area contributed by atoms with Crippen molar-refractivity contribution in [1.29, 1.82) is 0 Å². The Labute approximate surface area is 132 Å². The van der Waals surface area contributed by atoms with E-state index < -0.39 is 0 Å². The fourth-order valence-corrected chi connectivity index (χ4v) is 2.60. The summed E-state index contributed by atoms with van der Waals surface area (Å²) < 4.78 is 4.24. The van der Waals surface area contributed by atoms with Gasteiger partial charge in [0.25, 0.3) is 5.56 Å². The predicted molar refractivity (Wildman–Crippen MR) is 88.4 cm³/mol. The highest BCUT2D eigenvalue weighted by Gasteiger charge is 2.14. The molecule has 3 rings (SSSR count). The minimum atomic E-state index is -0.367. The van der Waals surface area contributed by atoms with E-state index in [1.807, 2.05) is 18.2 Å². The van der Waals surface area contributed by atoms with Crippen LogP contribution in [0, 0.1) is 0 Å². The molecule has 0 saturated carbocycles. The molecule has 0 aliphatic rings. The molecule has 7 nitrogen and oxygen atoms in total. The molecule has 0 unspecified atom stereocenters. The summed E-state index contributed by atoms with van der Waals surface area (Å²) in [5, 5.41) is 3.16. The zero-order chi connectivity index (χ0) is 16.4. The molecule has 120 valence electrons. The number of aromatic nitrogens is 4. The summed E-state index contributed by atoms with van der Waals surface area (Å²) in [6, 6.07) is 10.1. The van der Waals surface area contributed by atoms with Crippen molar-refractivity contribution in [1.82, 2.24) is 24.0 Å². The molecule has 0 aliphatic heterocycles. The van der Waals surface area contributed by atoms with E-state index in [2.05, 4.69) is 22.4 Å². The van der Waals surface area contributed by atoms with Crippen LogP contribution in [-0.2, 0) is 27.2 Å². The molecule has 2 aromatic heterocycles. The second kappa shape index (κ2) is 6.21. The monoisotopic (exact) mass is 313 g/mol. The zero-order valence-corrected chi connectivity index (χ0v) is 13.2. The Hall–Kier alpha value is -2.67. The van der Waals surface area contributed by atoms with Crippen LogP contribution in [-0.4, -0.2) is 25.2 Å². The molecule has 0 spiro atoms. The predicted octanol–water partition coefficient (Wildman–Crippen LogP) is 0.223. The van der Waals surface area contributed by atoms with E-state index in [1.165, 1.54) is 14.7 Å².